The highest BCUT2D eigenvalue weighted by molar-refractivity contribution is 7.88. The number of aromatic carboxylic acids is 1. The number of benzene rings is 1. The summed E-state index contributed by atoms with van der Waals surface area (Å²) in [4.78, 5) is 11.6. The number of rotatable bonds is 10. The molecule has 12 atom stereocenters. The van der Waals surface area contributed by atoms with Gasteiger partial charge in [-0.15, -0.1) is 0 Å². The molecule has 6 aliphatic carbocycles. The van der Waals surface area contributed by atoms with Gasteiger partial charge in [0.1, 0.15) is 0 Å². The molecule has 5 saturated carbocycles. The zero-order chi connectivity index (χ0) is 37.9. The summed E-state index contributed by atoms with van der Waals surface area (Å²) in [6.07, 6.45) is 16.7. The van der Waals surface area contributed by atoms with Crippen LogP contribution in [0.1, 0.15) is 129 Å². The molecule has 53 heavy (non-hydrogen) atoms. The van der Waals surface area contributed by atoms with Crippen LogP contribution in [0.25, 0.3) is 5.57 Å². The fourth-order valence-corrected chi connectivity index (χ4v) is 16.6. The van der Waals surface area contributed by atoms with Gasteiger partial charge in [-0.2, -0.15) is 4.31 Å². The molecule has 0 amide bonds. The van der Waals surface area contributed by atoms with Gasteiger partial charge in [0.15, 0.2) is 0 Å². The Bertz CT molecular complexity index is 1740. The van der Waals surface area contributed by atoms with Crippen LogP contribution in [-0.2, 0) is 10.0 Å². The number of hydrogen-bond donors (Lipinski definition) is 3. The van der Waals surface area contributed by atoms with Crippen LogP contribution in [0.3, 0.4) is 0 Å². The Morgan fingerprint density at radius 1 is 0.925 bits per heavy atom. The van der Waals surface area contributed by atoms with Crippen molar-refractivity contribution in [3.05, 3.63) is 41.5 Å². The Balaban J connectivity index is 1.00. The second-order valence-corrected chi connectivity index (χ2v) is 22.8. The number of allylic oxidation sites excluding steroid dienone is 2. The van der Waals surface area contributed by atoms with Gasteiger partial charge in [-0.25, -0.2) is 13.2 Å². The van der Waals surface area contributed by atoms with E-state index in [0.29, 0.717) is 51.9 Å². The molecule has 1 unspecified atom stereocenters. The van der Waals surface area contributed by atoms with Gasteiger partial charge in [0.05, 0.1) is 11.8 Å². The Kier molecular flexibility index (Phi) is 9.28. The number of nitrogens with one attached hydrogen (secondary N) is 2. The highest BCUT2D eigenvalue weighted by Crippen LogP contribution is 2.76. The quantitative estimate of drug-likeness (QED) is 0.208. The lowest BCUT2D eigenvalue weighted by Crippen LogP contribution is -2.68. The second kappa shape index (κ2) is 12.9. The Hall–Kier alpha value is -1.74. The van der Waals surface area contributed by atoms with E-state index in [4.69, 9.17) is 0 Å². The summed E-state index contributed by atoms with van der Waals surface area (Å²) < 4.78 is 26.7. The van der Waals surface area contributed by atoms with E-state index in [1.165, 1.54) is 75.2 Å². The van der Waals surface area contributed by atoms with Crippen LogP contribution in [0.2, 0.25) is 0 Å². The number of carbonyl (C=O) groups is 1. The van der Waals surface area contributed by atoms with Crippen LogP contribution in [-0.4, -0.2) is 67.8 Å². The Labute approximate surface area is 321 Å². The largest absolute Gasteiger partial charge is 0.478 e. The van der Waals surface area contributed by atoms with Crippen molar-refractivity contribution >= 4 is 21.6 Å². The summed E-state index contributed by atoms with van der Waals surface area (Å²) in [7, 11) is -3.15. The van der Waals surface area contributed by atoms with Gasteiger partial charge in [0, 0.05) is 37.8 Å². The summed E-state index contributed by atoms with van der Waals surface area (Å²) in [5, 5.41) is 17.5. The minimum atomic E-state index is -3.15. The summed E-state index contributed by atoms with van der Waals surface area (Å²) in [6, 6.07) is 7.75. The maximum Gasteiger partial charge on any atom is 0.335 e. The maximum absolute atomic E-state index is 12.4. The third kappa shape index (κ3) is 5.78. The SMILES string of the molecule is CC(C)[C@@H]1CC[C@]2(NCCNC[C@@H]3C4C[C@H]4CN3S(C)(=O)=O)CC[C@]3(C)[C@H](CC[C@@H]4[C@@]5(C)CC=C(c6ccc(C(=O)O)cc6)C(C)(C)[C@@H]5CC[C@]43C)[C@@H]12. The molecule has 6 fully saturated rings. The third-order valence-corrected chi connectivity index (χ3v) is 19.4. The first-order chi connectivity index (χ1) is 24.9. The number of sulfonamides is 1. The molecule has 8 heteroatoms. The van der Waals surface area contributed by atoms with E-state index >= 15 is 0 Å². The number of carboxylic acid groups (broad SMARTS) is 1. The van der Waals surface area contributed by atoms with E-state index in [2.05, 4.69) is 65.2 Å². The first-order valence-corrected chi connectivity index (χ1v) is 23.2. The highest BCUT2D eigenvalue weighted by atomic mass is 32.2. The molecular weight excluding hydrogens is 679 g/mol. The molecule has 1 aliphatic heterocycles. The van der Waals surface area contributed by atoms with Gasteiger partial charge < -0.3 is 15.7 Å². The van der Waals surface area contributed by atoms with E-state index < -0.39 is 16.0 Å². The molecule has 0 radical (unpaired) electrons. The summed E-state index contributed by atoms with van der Waals surface area (Å²) >= 11 is 0. The van der Waals surface area contributed by atoms with E-state index in [1.54, 1.807) is 16.4 Å². The van der Waals surface area contributed by atoms with Crippen molar-refractivity contribution in [1.82, 2.24) is 14.9 Å². The third-order valence-electron chi connectivity index (χ3n) is 18.2. The zero-order valence-corrected chi connectivity index (χ0v) is 34.8. The maximum atomic E-state index is 12.4. The molecule has 0 spiro atoms. The number of piperidine rings is 1. The molecule has 3 N–H and O–H groups in total. The lowest BCUT2D eigenvalue weighted by molar-refractivity contribution is -0.221. The van der Waals surface area contributed by atoms with Gasteiger partial charge in [-0.1, -0.05) is 66.7 Å². The number of hydrogen-bond acceptors (Lipinski definition) is 5. The van der Waals surface area contributed by atoms with Gasteiger partial charge >= 0.3 is 5.97 Å². The van der Waals surface area contributed by atoms with Crippen LogP contribution in [0, 0.1) is 69.0 Å². The normalized spacial score (nSPS) is 44.4. The molecule has 1 heterocycles. The van der Waals surface area contributed by atoms with E-state index in [9.17, 15) is 18.3 Å². The van der Waals surface area contributed by atoms with Crippen LogP contribution < -0.4 is 10.6 Å². The molecule has 8 rings (SSSR count). The van der Waals surface area contributed by atoms with E-state index in [-0.39, 0.29) is 22.4 Å². The molecular formula is C45H69N3O4S. The molecule has 1 aromatic rings. The minimum Gasteiger partial charge on any atom is -0.478 e. The van der Waals surface area contributed by atoms with Crippen LogP contribution in [0.5, 0.6) is 0 Å². The Morgan fingerprint density at radius 2 is 1.66 bits per heavy atom. The average molecular weight is 748 g/mol. The standard InChI is InChI=1S/C45H69N3O4S/c1-28(2)32-15-20-45(47-24-23-46-26-36-33-25-31(33)27-48(36)53(8,51)52)22-21-43(6)35(39(32)45)13-14-38-42(5)18-16-34(29-9-11-30(12-10-29)40(49)50)41(3,4)37(42)17-19-44(38,43)7/h9-12,16,28,31-33,35-39,46-47H,13-15,17-27H2,1-8H3,(H,49,50)/t31-,32-,33?,35+,36+,37-,38+,39+,42-,43+,44+,45-/m0/s1. The van der Waals surface area contributed by atoms with E-state index in [1.807, 2.05) is 12.1 Å². The van der Waals surface area contributed by atoms with Crippen molar-refractivity contribution < 1.29 is 18.3 Å². The van der Waals surface area contributed by atoms with Gasteiger partial charge in [-0.05, 0) is 156 Å². The van der Waals surface area contributed by atoms with Crippen molar-refractivity contribution in [3.63, 3.8) is 0 Å². The average Bonchev–Trinajstić information content (AvgIpc) is 3.60. The van der Waals surface area contributed by atoms with Crippen molar-refractivity contribution in [3.8, 4) is 0 Å². The summed E-state index contributed by atoms with van der Waals surface area (Å²) in [5.74, 6) is 4.44. The molecule has 7 aliphatic rings. The first kappa shape index (κ1) is 38.1. The van der Waals surface area contributed by atoms with Crippen molar-refractivity contribution in [1.29, 1.82) is 0 Å². The van der Waals surface area contributed by atoms with E-state index in [0.717, 1.165) is 44.4 Å². The fraction of sp³-hybridized carbons (Fsp3) is 0.800. The molecule has 0 bridgehead atoms. The highest BCUT2D eigenvalue weighted by Gasteiger charge is 2.70. The molecule has 0 aromatic heterocycles. The predicted molar refractivity (Wildman–Crippen MR) is 214 cm³/mol. The topological polar surface area (TPSA) is 98.7 Å². The monoisotopic (exact) mass is 748 g/mol. The number of carboxylic acids is 1. The molecule has 294 valence electrons. The summed E-state index contributed by atoms with van der Waals surface area (Å²) in [5.41, 5.74) is 4.03. The minimum absolute atomic E-state index is 0.0197. The summed E-state index contributed by atoms with van der Waals surface area (Å²) in [6.45, 7) is 21.4. The fourth-order valence-electron chi connectivity index (χ4n) is 15.4. The molecule has 7 nitrogen and oxygen atoms in total. The predicted octanol–water partition coefficient (Wildman–Crippen LogP) is 8.33. The molecule has 1 aromatic carbocycles. The lowest BCUT2D eigenvalue weighted by Gasteiger charge is -2.72. The van der Waals surface area contributed by atoms with Crippen LogP contribution in [0.15, 0.2) is 30.3 Å². The van der Waals surface area contributed by atoms with Gasteiger partial charge in [0.2, 0.25) is 10.0 Å². The smallest absolute Gasteiger partial charge is 0.335 e. The number of nitrogens with zero attached hydrogens (tertiary/aromatic N) is 1. The lowest BCUT2D eigenvalue weighted by atomic mass is 9.33. The number of fused-ring (bicyclic) bond motifs is 8. The second-order valence-electron chi connectivity index (χ2n) is 20.9. The zero-order valence-electron chi connectivity index (χ0n) is 34.0. The van der Waals surface area contributed by atoms with Crippen molar-refractivity contribution in [2.45, 2.75) is 124 Å². The van der Waals surface area contributed by atoms with Crippen molar-refractivity contribution in [2.24, 2.45) is 69.0 Å². The Morgan fingerprint density at radius 3 is 2.34 bits per heavy atom. The van der Waals surface area contributed by atoms with Crippen LogP contribution in [0.4, 0.5) is 0 Å². The van der Waals surface area contributed by atoms with Gasteiger partial charge in [0.25, 0.3) is 0 Å². The van der Waals surface area contributed by atoms with Crippen LogP contribution >= 0.6 is 0 Å². The van der Waals surface area contributed by atoms with Crippen molar-refractivity contribution in [2.75, 3.05) is 32.4 Å². The molecule has 1 saturated heterocycles. The first-order valence-electron chi connectivity index (χ1n) is 21.3. The van der Waals surface area contributed by atoms with Gasteiger partial charge in [-0.3, -0.25) is 0 Å².